The van der Waals surface area contributed by atoms with E-state index >= 15 is 0 Å². The summed E-state index contributed by atoms with van der Waals surface area (Å²) in [7, 11) is 0. The van der Waals surface area contributed by atoms with Gasteiger partial charge in [-0.3, -0.25) is 4.79 Å². The maximum atomic E-state index is 12.1. The van der Waals surface area contributed by atoms with E-state index in [4.69, 9.17) is 23.2 Å². The van der Waals surface area contributed by atoms with Crippen LogP contribution in [0.15, 0.2) is 48.5 Å². The van der Waals surface area contributed by atoms with E-state index in [9.17, 15) is 4.79 Å². The Morgan fingerprint density at radius 1 is 1.10 bits per heavy atom. The second-order valence-electron chi connectivity index (χ2n) is 4.35. The van der Waals surface area contributed by atoms with E-state index in [1.165, 1.54) is 0 Å². The van der Waals surface area contributed by atoms with Crippen molar-refractivity contribution in [1.29, 1.82) is 0 Å². The summed E-state index contributed by atoms with van der Waals surface area (Å²) >= 11 is 11.9. The first kappa shape index (κ1) is 14.7. The largest absolute Gasteiger partial charge is 0.373 e. The fraction of sp³-hybridized carbons (Fsp3) is 0.133. The quantitative estimate of drug-likeness (QED) is 0.877. The van der Waals surface area contributed by atoms with Crippen LogP contribution in [0.4, 0.5) is 11.4 Å². The first-order valence-electron chi connectivity index (χ1n) is 6.14. The zero-order valence-corrected chi connectivity index (χ0v) is 12.4. The Hall–Kier alpha value is -1.71. The van der Waals surface area contributed by atoms with Gasteiger partial charge in [-0.25, -0.2) is 0 Å². The molecule has 0 saturated carbocycles. The molecule has 1 amide bonds. The maximum absolute atomic E-state index is 12.1. The number of anilines is 2. The summed E-state index contributed by atoms with van der Waals surface area (Å²) in [6, 6.07) is 14.0. The first-order chi connectivity index (χ1) is 9.56. The van der Waals surface area contributed by atoms with Gasteiger partial charge in [0.1, 0.15) is 6.04 Å². The molecular weight excluding hydrogens is 295 g/mol. The van der Waals surface area contributed by atoms with E-state index in [0.717, 1.165) is 5.69 Å². The fourth-order valence-corrected chi connectivity index (χ4v) is 2.14. The van der Waals surface area contributed by atoms with Crippen LogP contribution in [0.25, 0.3) is 0 Å². The zero-order valence-electron chi connectivity index (χ0n) is 10.9. The number of halogens is 2. The smallest absolute Gasteiger partial charge is 0.246 e. The average molecular weight is 309 g/mol. The lowest BCUT2D eigenvalue weighted by molar-refractivity contribution is -0.116. The summed E-state index contributed by atoms with van der Waals surface area (Å²) in [6.45, 7) is 1.77. The SMILES string of the molecule is CC(Nc1ccc(Cl)cc1Cl)C(=O)Nc1ccccc1. The highest BCUT2D eigenvalue weighted by atomic mass is 35.5. The molecule has 0 saturated heterocycles. The van der Waals surface area contributed by atoms with Crippen molar-refractivity contribution in [2.45, 2.75) is 13.0 Å². The highest BCUT2D eigenvalue weighted by Crippen LogP contribution is 2.26. The number of nitrogens with one attached hydrogen (secondary N) is 2. The van der Waals surface area contributed by atoms with Gasteiger partial charge in [0.05, 0.1) is 10.7 Å². The minimum atomic E-state index is -0.422. The van der Waals surface area contributed by atoms with E-state index in [1.54, 1.807) is 25.1 Å². The molecule has 0 fully saturated rings. The monoisotopic (exact) mass is 308 g/mol. The van der Waals surface area contributed by atoms with Crippen LogP contribution < -0.4 is 10.6 Å². The molecule has 2 N–H and O–H groups in total. The van der Waals surface area contributed by atoms with Gasteiger partial charge < -0.3 is 10.6 Å². The number of amides is 1. The van der Waals surface area contributed by atoms with Crippen LogP contribution in [-0.2, 0) is 4.79 Å². The molecule has 3 nitrogen and oxygen atoms in total. The summed E-state index contributed by atoms with van der Waals surface area (Å²) in [6.07, 6.45) is 0. The van der Waals surface area contributed by atoms with Gasteiger partial charge in [-0.2, -0.15) is 0 Å². The Bertz CT molecular complexity index is 602. The minimum Gasteiger partial charge on any atom is -0.373 e. The predicted octanol–water partition coefficient (Wildman–Crippen LogP) is 4.43. The van der Waals surface area contributed by atoms with Crippen molar-refractivity contribution in [1.82, 2.24) is 0 Å². The lowest BCUT2D eigenvalue weighted by Crippen LogP contribution is -2.31. The number of hydrogen-bond donors (Lipinski definition) is 2. The van der Waals surface area contributed by atoms with Crippen LogP contribution in [0.3, 0.4) is 0 Å². The van der Waals surface area contributed by atoms with Gasteiger partial charge in [0.25, 0.3) is 0 Å². The summed E-state index contributed by atoms with van der Waals surface area (Å²) in [4.78, 5) is 12.1. The average Bonchev–Trinajstić information content (AvgIpc) is 2.43. The summed E-state index contributed by atoms with van der Waals surface area (Å²) in [5.74, 6) is -0.137. The molecule has 0 bridgehead atoms. The third-order valence-corrected chi connectivity index (χ3v) is 3.29. The molecule has 2 rings (SSSR count). The molecule has 0 aliphatic carbocycles. The minimum absolute atomic E-state index is 0.137. The molecular formula is C15H14Cl2N2O. The van der Waals surface area contributed by atoms with E-state index in [1.807, 2.05) is 30.3 Å². The molecule has 1 atom stereocenters. The number of carbonyl (C=O) groups excluding carboxylic acids is 1. The van der Waals surface area contributed by atoms with Crippen molar-refractivity contribution in [3.63, 3.8) is 0 Å². The number of carbonyl (C=O) groups is 1. The third kappa shape index (κ3) is 3.89. The van der Waals surface area contributed by atoms with Gasteiger partial charge in [0, 0.05) is 10.7 Å². The number of hydrogen-bond acceptors (Lipinski definition) is 2. The topological polar surface area (TPSA) is 41.1 Å². The van der Waals surface area contributed by atoms with Crippen LogP contribution in [0.5, 0.6) is 0 Å². The number of rotatable bonds is 4. The van der Waals surface area contributed by atoms with Gasteiger partial charge >= 0.3 is 0 Å². The molecule has 20 heavy (non-hydrogen) atoms. The normalized spacial score (nSPS) is 11.8. The Kier molecular flexibility index (Phi) is 4.88. The van der Waals surface area contributed by atoms with Crippen LogP contribution in [0.1, 0.15) is 6.92 Å². The Morgan fingerprint density at radius 3 is 2.45 bits per heavy atom. The van der Waals surface area contributed by atoms with Crippen molar-refractivity contribution in [3.05, 3.63) is 58.6 Å². The van der Waals surface area contributed by atoms with Gasteiger partial charge in [0.2, 0.25) is 5.91 Å². The lowest BCUT2D eigenvalue weighted by atomic mass is 10.2. The second kappa shape index (κ2) is 6.64. The second-order valence-corrected chi connectivity index (χ2v) is 5.19. The van der Waals surface area contributed by atoms with Crippen LogP contribution >= 0.6 is 23.2 Å². The van der Waals surface area contributed by atoms with Crippen LogP contribution in [-0.4, -0.2) is 11.9 Å². The van der Waals surface area contributed by atoms with Gasteiger partial charge in [0.15, 0.2) is 0 Å². The highest BCUT2D eigenvalue weighted by molar-refractivity contribution is 6.36. The van der Waals surface area contributed by atoms with Gasteiger partial charge in [-0.15, -0.1) is 0 Å². The number of benzene rings is 2. The molecule has 2 aromatic rings. The van der Waals surface area contributed by atoms with Crippen molar-refractivity contribution in [2.75, 3.05) is 10.6 Å². The first-order valence-corrected chi connectivity index (χ1v) is 6.89. The summed E-state index contributed by atoms with van der Waals surface area (Å²) in [5, 5.41) is 6.92. The van der Waals surface area contributed by atoms with E-state index in [0.29, 0.717) is 15.7 Å². The van der Waals surface area contributed by atoms with Gasteiger partial charge in [-0.05, 0) is 37.3 Å². The molecule has 0 aromatic heterocycles. The summed E-state index contributed by atoms with van der Waals surface area (Å²) in [5.41, 5.74) is 1.43. The highest BCUT2D eigenvalue weighted by Gasteiger charge is 2.14. The van der Waals surface area contributed by atoms with Crippen molar-refractivity contribution < 1.29 is 4.79 Å². The number of para-hydroxylation sites is 1. The predicted molar refractivity (Wildman–Crippen MR) is 84.6 cm³/mol. The van der Waals surface area contributed by atoms with Crippen molar-refractivity contribution in [2.24, 2.45) is 0 Å². The molecule has 0 aliphatic heterocycles. The molecule has 0 radical (unpaired) electrons. The van der Waals surface area contributed by atoms with Crippen LogP contribution in [0.2, 0.25) is 10.0 Å². The fourth-order valence-electron chi connectivity index (χ4n) is 1.68. The van der Waals surface area contributed by atoms with Crippen molar-refractivity contribution >= 4 is 40.5 Å². The molecule has 0 heterocycles. The standard InChI is InChI=1S/C15H14Cl2N2O/c1-10(15(20)19-12-5-3-2-4-6-12)18-14-8-7-11(16)9-13(14)17/h2-10,18H,1H3,(H,19,20). The third-order valence-electron chi connectivity index (χ3n) is 2.74. The zero-order chi connectivity index (χ0) is 14.5. The lowest BCUT2D eigenvalue weighted by Gasteiger charge is -2.16. The molecule has 2 aromatic carbocycles. The molecule has 0 spiro atoms. The molecule has 0 aliphatic rings. The van der Waals surface area contributed by atoms with E-state index < -0.39 is 6.04 Å². The van der Waals surface area contributed by atoms with Crippen LogP contribution in [0, 0.1) is 0 Å². The molecule has 104 valence electrons. The molecule has 5 heteroatoms. The molecule has 1 unspecified atom stereocenters. The summed E-state index contributed by atoms with van der Waals surface area (Å²) < 4.78 is 0. The maximum Gasteiger partial charge on any atom is 0.246 e. The van der Waals surface area contributed by atoms with Crippen molar-refractivity contribution in [3.8, 4) is 0 Å². The van der Waals surface area contributed by atoms with E-state index in [2.05, 4.69) is 10.6 Å². The Balaban J connectivity index is 2.00. The Morgan fingerprint density at radius 2 is 1.80 bits per heavy atom. The Labute approximate surface area is 127 Å². The van der Waals surface area contributed by atoms with E-state index in [-0.39, 0.29) is 5.91 Å². The van der Waals surface area contributed by atoms with Gasteiger partial charge in [-0.1, -0.05) is 41.4 Å².